The van der Waals surface area contributed by atoms with Crippen LogP contribution in [0.3, 0.4) is 0 Å². The van der Waals surface area contributed by atoms with E-state index in [2.05, 4.69) is 5.32 Å². The Labute approximate surface area is 154 Å². The van der Waals surface area contributed by atoms with Gasteiger partial charge in [0.25, 0.3) is 5.91 Å². The molecule has 3 heterocycles. The van der Waals surface area contributed by atoms with Gasteiger partial charge in [-0.3, -0.25) is 14.5 Å². The number of carbonyl (C=O) groups excluding carboxylic acids is 2. The summed E-state index contributed by atoms with van der Waals surface area (Å²) in [7, 11) is -3.09. The third-order valence-electron chi connectivity index (χ3n) is 3.99. The number of nitrogens with one attached hydrogen (secondary N) is 1. The van der Waals surface area contributed by atoms with Crippen LogP contribution in [0.5, 0.6) is 0 Å². The Balaban J connectivity index is 1.69. The lowest BCUT2D eigenvalue weighted by atomic mass is 10.2. The molecule has 134 valence electrons. The van der Waals surface area contributed by atoms with E-state index in [1.807, 2.05) is 0 Å². The van der Waals surface area contributed by atoms with Gasteiger partial charge in [0.1, 0.15) is 16.1 Å². The summed E-state index contributed by atoms with van der Waals surface area (Å²) in [6, 6.07) is 2.18. The molecule has 0 unspecified atom stereocenters. The SMILES string of the molecule is C[C@H](C(=O)N[C@H]1CCS(=O)(=O)C1)N1C(=O)/C(=C/c2ccco2)SC1=S. The number of carbonyl (C=O) groups is 2. The minimum Gasteiger partial charge on any atom is -0.465 e. The Bertz CT molecular complexity index is 845. The van der Waals surface area contributed by atoms with Crippen molar-refractivity contribution in [2.75, 3.05) is 11.5 Å². The zero-order valence-electron chi connectivity index (χ0n) is 13.3. The van der Waals surface area contributed by atoms with Gasteiger partial charge in [0.15, 0.2) is 9.84 Å². The molecule has 0 aromatic carbocycles. The lowest BCUT2D eigenvalue weighted by molar-refractivity contribution is -0.132. The highest BCUT2D eigenvalue weighted by Crippen LogP contribution is 2.34. The van der Waals surface area contributed by atoms with Crippen molar-refractivity contribution in [1.29, 1.82) is 0 Å². The molecule has 3 rings (SSSR count). The minimum atomic E-state index is -3.09. The molecule has 1 N–H and O–H groups in total. The van der Waals surface area contributed by atoms with E-state index in [0.29, 0.717) is 17.1 Å². The summed E-state index contributed by atoms with van der Waals surface area (Å²) in [5.41, 5.74) is 0. The monoisotopic (exact) mass is 400 g/mol. The van der Waals surface area contributed by atoms with Gasteiger partial charge in [-0.25, -0.2) is 8.42 Å². The van der Waals surface area contributed by atoms with Crippen LogP contribution in [0.1, 0.15) is 19.1 Å². The number of hydrogen-bond acceptors (Lipinski definition) is 7. The first-order valence-corrected chi connectivity index (χ1v) is 10.6. The van der Waals surface area contributed by atoms with Gasteiger partial charge in [-0.1, -0.05) is 24.0 Å². The van der Waals surface area contributed by atoms with E-state index < -0.39 is 27.8 Å². The molecular formula is C15H16N2O5S3. The molecule has 0 saturated carbocycles. The molecule has 2 atom stereocenters. The summed E-state index contributed by atoms with van der Waals surface area (Å²) in [5.74, 6) is -0.263. The van der Waals surface area contributed by atoms with Crippen molar-refractivity contribution in [1.82, 2.24) is 10.2 Å². The van der Waals surface area contributed by atoms with Gasteiger partial charge in [0.05, 0.1) is 22.7 Å². The first-order valence-electron chi connectivity index (χ1n) is 7.58. The van der Waals surface area contributed by atoms with Crippen LogP contribution in [-0.2, 0) is 19.4 Å². The minimum absolute atomic E-state index is 0.0672. The first kappa shape index (κ1) is 18.2. The highest BCUT2D eigenvalue weighted by molar-refractivity contribution is 8.26. The summed E-state index contributed by atoms with van der Waals surface area (Å²) in [6.45, 7) is 1.57. The average molecular weight is 401 g/mol. The molecule has 0 spiro atoms. The molecule has 0 aliphatic carbocycles. The normalized spacial score (nSPS) is 25.6. The molecule has 1 aromatic heterocycles. The molecule has 2 aliphatic heterocycles. The largest absolute Gasteiger partial charge is 0.465 e. The van der Waals surface area contributed by atoms with Crippen molar-refractivity contribution in [3.63, 3.8) is 0 Å². The molecule has 25 heavy (non-hydrogen) atoms. The second-order valence-electron chi connectivity index (χ2n) is 5.85. The molecule has 0 bridgehead atoms. The fourth-order valence-electron chi connectivity index (χ4n) is 2.66. The molecule has 10 heteroatoms. The van der Waals surface area contributed by atoms with Gasteiger partial charge in [-0.05, 0) is 25.5 Å². The van der Waals surface area contributed by atoms with Crippen molar-refractivity contribution >= 4 is 56.0 Å². The topological polar surface area (TPSA) is 96.7 Å². The van der Waals surface area contributed by atoms with E-state index in [9.17, 15) is 18.0 Å². The van der Waals surface area contributed by atoms with Crippen LogP contribution in [0.25, 0.3) is 6.08 Å². The Morgan fingerprint density at radius 3 is 2.92 bits per heavy atom. The maximum Gasteiger partial charge on any atom is 0.267 e. The van der Waals surface area contributed by atoms with Gasteiger partial charge in [0, 0.05) is 12.1 Å². The van der Waals surface area contributed by atoms with Crippen molar-refractivity contribution in [3.05, 3.63) is 29.1 Å². The van der Waals surface area contributed by atoms with Crippen LogP contribution < -0.4 is 5.32 Å². The molecule has 7 nitrogen and oxygen atoms in total. The number of rotatable bonds is 4. The van der Waals surface area contributed by atoms with Crippen LogP contribution in [0, 0.1) is 0 Å². The number of nitrogens with zero attached hydrogens (tertiary/aromatic N) is 1. The van der Waals surface area contributed by atoms with E-state index in [1.54, 1.807) is 25.1 Å². The lowest BCUT2D eigenvalue weighted by Gasteiger charge is -2.23. The van der Waals surface area contributed by atoms with Crippen LogP contribution in [0.4, 0.5) is 0 Å². The van der Waals surface area contributed by atoms with Crippen LogP contribution >= 0.6 is 24.0 Å². The summed E-state index contributed by atoms with van der Waals surface area (Å²) in [4.78, 5) is 26.6. The maximum atomic E-state index is 12.6. The molecule has 2 saturated heterocycles. The average Bonchev–Trinajstić information content (AvgIpc) is 3.21. The Kier molecular flexibility index (Phi) is 5.03. The van der Waals surface area contributed by atoms with Gasteiger partial charge >= 0.3 is 0 Å². The van der Waals surface area contributed by atoms with Gasteiger partial charge in [0.2, 0.25) is 5.91 Å². The molecule has 2 aliphatic rings. The van der Waals surface area contributed by atoms with Crippen molar-refractivity contribution in [3.8, 4) is 0 Å². The quantitative estimate of drug-likeness (QED) is 0.599. The van der Waals surface area contributed by atoms with Gasteiger partial charge < -0.3 is 9.73 Å². The van der Waals surface area contributed by atoms with Crippen molar-refractivity contribution in [2.45, 2.75) is 25.4 Å². The van der Waals surface area contributed by atoms with E-state index in [4.69, 9.17) is 16.6 Å². The van der Waals surface area contributed by atoms with Crippen LogP contribution in [0.15, 0.2) is 27.7 Å². The molecule has 2 amide bonds. The van der Waals surface area contributed by atoms with Crippen molar-refractivity contribution in [2.24, 2.45) is 0 Å². The predicted molar refractivity (Wildman–Crippen MR) is 98.4 cm³/mol. The predicted octanol–water partition coefficient (Wildman–Crippen LogP) is 1.17. The smallest absolute Gasteiger partial charge is 0.267 e. The van der Waals surface area contributed by atoms with Gasteiger partial charge in [-0.2, -0.15) is 0 Å². The standard InChI is InChI=1S/C15H16N2O5S3/c1-9(13(18)16-10-4-6-25(20,21)8-10)17-14(19)12(24-15(17)23)7-11-3-2-5-22-11/h2-3,5,7,9-10H,4,6,8H2,1H3,(H,16,18)/b12-7-/t9-,10+/m1/s1. The number of hydrogen-bond donors (Lipinski definition) is 1. The van der Waals surface area contributed by atoms with Crippen molar-refractivity contribution < 1.29 is 22.4 Å². The highest BCUT2D eigenvalue weighted by atomic mass is 32.2. The molecule has 0 radical (unpaired) electrons. The Morgan fingerprint density at radius 2 is 2.32 bits per heavy atom. The summed E-state index contributed by atoms with van der Waals surface area (Å²) >= 11 is 6.33. The molecule has 1 aromatic rings. The maximum absolute atomic E-state index is 12.6. The number of sulfone groups is 1. The summed E-state index contributed by atoms with van der Waals surface area (Å²) in [6.07, 6.45) is 3.46. The summed E-state index contributed by atoms with van der Waals surface area (Å²) in [5, 5.41) is 2.69. The Morgan fingerprint density at radius 1 is 1.56 bits per heavy atom. The third kappa shape index (κ3) is 3.96. The number of thiocarbonyl (C=S) groups is 1. The molecular weight excluding hydrogens is 384 g/mol. The third-order valence-corrected chi connectivity index (χ3v) is 7.08. The fraction of sp³-hybridized carbons (Fsp3) is 0.400. The molecule has 2 fully saturated rings. The van der Waals surface area contributed by atoms with Crippen LogP contribution in [-0.4, -0.2) is 53.0 Å². The zero-order valence-corrected chi connectivity index (χ0v) is 15.7. The number of furan rings is 1. The Hall–Kier alpha value is -1.65. The fourth-order valence-corrected chi connectivity index (χ4v) is 5.74. The van der Waals surface area contributed by atoms with E-state index >= 15 is 0 Å². The lowest BCUT2D eigenvalue weighted by Crippen LogP contribution is -2.50. The van der Waals surface area contributed by atoms with E-state index in [0.717, 1.165) is 11.8 Å². The van der Waals surface area contributed by atoms with E-state index in [1.165, 1.54) is 11.2 Å². The first-order chi connectivity index (χ1) is 11.8. The zero-order chi connectivity index (χ0) is 18.2. The number of amides is 2. The second kappa shape index (κ2) is 6.93. The van der Waals surface area contributed by atoms with Gasteiger partial charge in [-0.15, -0.1) is 0 Å². The summed E-state index contributed by atoms with van der Waals surface area (Å²) < 4.78 is 28.5. The highest BCUT2D eigenvalue weighted by Gasteiger charge is 2.39. The van der Waals surface area contributed by atoms with Crippen LogP contribution in [0.2, 0.25) is 0 Å². The van der Waals surface area contributed by atoms with E-state index in [-0.39, 0.29) is 21.7 Å². The number of thioether (sulfide) groups is 1. The second-order valence-corrected chi connectivity index (χ2v) is 9.76.